The Balaban J connectivity index is 2.06. The number of rotatable bonds is 6. The number of carbonyl (C=O) groups excluding carboxylic acids is 2. The second kappa shape index (κ2) is 9.41. The van der Waals surface area contributed by atoms with Crippen molar-refractivity contribution in [2.45, 2.75) is 39.2 Å². The van der Waals surface area contributed by atoms with Crippen molar-refractivity contribution in [2.24, 2.45) is 0 Å². The number of halogens is 2. The van der Waals surface area contributed by atoms with Crippen molar-refractivity contribution in [3.63, 3.8) is 0 Å². The Morgan fingerprint density at radius 1 is 1.06 bits per heavy atom. The second-order valence-corrected chi connectivity index (χ2v) is 8.15. The lowest BCUT2D eigenvalue weighted by molar-refractivity contribution is 0.00714. The largest absolute Gasteiger partial charge is 0.465 e. The van der Waals surface area contributed by atoms with Gasteiger partial charge in [-0.25, -0.2) is 14.6 Å². The van der Waals surface area contributed by atoms with Crippen molar-refractivity contribution < 1.29 is 32.6 Å². The van der Waals surface area contributed by atoms with Gasteiger partial charge in [0.15, 0.2) is 11.4 Å². The molecule has 0 fully saturated rings. The third kappa shape index (κ3) is 6.03. The van der Waals surface area contributed by atoms with Crippen LogP contribution in [0, 0.1) is 0 Å². The summed E-state index contributed by atoms with van der Waals surface area (Å²) in [5, 5.41) is 6.60. The van der Waals surface area contributed by atoms with E-state index in [1.54, 1.807) is 51.1 Å². The van der Waals surface area contributed by atoms with Crippen LogP contribution in [0.4, 0.5) is 25.1 Å². The van der Waals surface area contributed by atoms with Gasteiger partial charge < -0.3 is 19.5 Å². The number of methoxy groups -OCH3 is 1. The minimum atomic E-state index is -3.46. The average Bonchev–Trinajstić information content (AvgIpc) is 3.21. The molecule has 12 heteroatoms. The van der Waals surface area contributed by atoms with Gasteiger partial charge in [-0.05, 0) is 32.9 Å². The quantitative estimate of drug-likeness (QED) is 0.497. The van der Waals surface area contributed by atoms with Crippen LogP contribution in [0.1, 0.15) is 43.9 Å². The van der Waals surface area contributed by atoms with Gasteiger partial charge in [-0.15, -0.1) is 0 Å². The van der Waals surface area contributed by atoms with Gasteiger partial charge in [0.05, 0.1) is 25.2 Å². The van der Waals surface area contributed by atoms with E-state index in [0.717, 1.165) is 11.8 Å². The predicted molar refractivity (Wildman–Crippen MR) is 117 cm³/mol. The fraction of sp³-hybridized carbons (Fsp3) is 0.318. The van der Waals surface area contributed by atoms with Crippen LogP contribution in [0.2, 0.25) is 0 Å². The number of benzene rings is 1. The molecule has 3 aromatic rings. The summed E-state index contributed by atoms with van der Waals surface area (Å²) in [5.74, 6) is -5.80. The maximum Gasteiger partial charge on any atom is 0.435 e. The summed E-state index contributed by atoms with van der Waals surface area (Å²) >= 11 is 0. The molecule has 2 aromatic heterocycles. The molecule has 0 radical (unpaired) electrons. The molecule has 180 valence electrons. The minimum Gasteiger partial charge on any atom is -0.465 e. The average molecular weight is 475 g/mol. The lowest BCUT2D eigenvalue weighted by atomic mass is 10.2. The minimum absolute atomic E-state index is 0.158. The number of alkyl halides is 2. The van der Waals surface area contributed by atoms with Gasteiger partial charge in [0, 0.05) is 6.92 Å². The summed E-state index contributed by atoms with van der Waals surface area (Å²) in [7, 11) is 1.11. The zero-order valence-electron chi connectivity index (χ0n) is 19.1. The van der Waals surface area contributed by atoms with E-state index in [1.807, 2.05) is 0 Å². The fourth-order valence-corrected chi connectivity index (χ4v) is 2.62. The van der Waals surface area contributed by atoms with Gasteiger partial charge in [0.25, 0.3) is 0 Å². The number of aromatic nitrogens is 4. The molecule has 0 aliphatic carbocycles. The first-order chi connectivity index (χ1) is 15.9. The molecule has 1 aromatic carbocycles. The monoisotopic (exact) mass is 475 g/mol. The van der Waals surface area contributed by atoms with Crippen LogP contribution >= 0.6 is 0 Å². The van der Waals surface area contributed by atoms with Crippen molar-refractivity contribution in [2.75, 3.05) is 12.4 Å². The number of carbonyl (C=O) groups is 2. The molecule has 0 saturated heterocycles. The molecule has 0 aliphatic heterocycles. The van der Waals surface area contributed by atoms with Gasteiger partial charge in [-0.3, -0.25) is 0 Å². The zero-order chi connectivity index (χ0) is 25.1. The van der Waals surface area contributed by atoms with Crippen molar-refractivity contribution in [1.29, 1.82) is 0 Å². The van der Waals surface area contributed by atoms with E-state index in [9.17, 15) is 18.4 Å². The Hall–Kier alpha value is -4.09. The van der Waals surface area contributed by atoms with E-state index in [0.29, 0.717) is 6.92 Å². The molecular weight excluding hydrogens is 452 g/mol. The Kier molecular flexibility index (Phi) is 6.80. The van der Waals surface area contributed by atoms with Crippen LogP contribution in [0.3, 0.4) is 0 Å². The molecule has 0 amide bonds. The molecule has 1 N–H and O–H groups in total. The molecule has 0 saturated carbocycles. The number of ether oxygens (including phenoxy) is 3. The highest BCUT2D eigenvalue weighted by molar-refractivity contribution is 5.98. The number of hydrogen-bond donors (Lipinski definition) is 1. The van der Waals surface area contributed by atoms with E-state index < -0.39 is 35.3 Å². The van der Waals surface area contributed by atoms with Crippen molar-refractivity contribution in [3.05, 3.63) is 54.1 Å². The number of esters is 1. The normalized spacial score (nSPS) is 11.6. The van der Waals surface area contributed by atoms with Crippen molar-refractivity contribution in [3.8, 4) is 11.6 Å². The molecule has 0 spiro atoms. The number of nitrogens with one attached hydrogen (secondary N) is 1. The van der Waals surface area contributed by atoms with Crippen LogP contribution in [-0.2, 0) is 15.4 Å². The molecular formula is C22H23F2N5O5. The maximum atomic E-state index is 14.2. The highest BCUT2D eigenvalue weighted by atomic mass is 19.3. The summed E-state index contributed by atoms with van der Waals surface area (Å²) in [6, 6.07) is 8.17. The highest BCUT2D eigenvalue weighted by Crippen LogP contribution is 2.34. The molecule has 34 heavy (non-hydrogen) atoms. The van der Waals surface area contributed by atoms with E-state index in [4.69, 9.17) is 14.2 Å². The fourth-order valence-electron chi connectivity index (χ4n) is 2.62. The van der Waals surface area contributed by atoms with Gasteiger partial charge in [-0.1, -0.05) is 18.2 Å². The standard InChI is InChI=1S/C22H23F2N5O5/c1-21(2,3)34-20(31)29-12-13(11-25-29)26-16-15(18(30)32-5)17(28-19(27-16)22(4,23)24)33-14-9-7-6-8-10-14/h6-12H,1-5H3,(H,26,27,28). The lowest BCUT2D eigenvalue weighted by Gasteiger charge is -2.18. The van der Waals surface area contributed by atoms with Gasteiger partial charge in [0.2, 0.25) is 11.7 Å². The first-order valence-electron chi connectivity index (χ1n) is 10.0. The third-order valence-corrected chi connectivity index (χ3v) is 4.04. The molecule has 2 heterocycles. The maximum absolute atomic E-state index is 14.2. The Labute approximate surface area is 193 Å². The highest BCUT2D eigenvalue weighted by Gasteiger charge is 2.34. The molecule has 10 nitrogen and oxygen atoms in total. The topological polar surface area (TPSA) is 117 Å². The number of para-hydroxylation sites is 1. The van der Waals surface area contributed by atoms with Gasteiger partial charge >= 0.3 is 18.0 Å². The third-order valence-electron chi connectivity index (χ3n) is 4.04. The molecule has 0 bridgehead atoms. The smallest absolute Gasteiger partial charge is 0.435 e. The van der Waals surface area contributed by atoms with Gasteiger partial charge in [0.1, 0.15) is 11.4 Å². The van der Waals surface area contributed by atoms with E-state index in [1.165, 1.54) is 12.4 Å². The van der Waals surface area contributed by atoms with Crippen LogP contribution in [0.25, 0.3) is 0 Å². The Morgan fingerprint density at radius 3 is 2.32 bits per heavy atom. The van der Waals surface area contributed by atoms with Gasteiger partial charge in [-0.2, -0.15) is 23.5 Å². The van der Waals surface area contributed by atoms with E-state index in [-0.39, 0.29) is 22.8 Å². The first-order valence-corrected chi connectivity index (χ1v) is 10.0. The predicted octanol–water partition coefficient (Wildman–Crippen LogP) is 4.89. The van der Waals surface area contributed by atoms with Crippen molar-refractivity contribution >= 4 is 23.6 Å². The van der Waals surface area contributed by atoms with E-state index in [2.05, 4.69) is 20.4 Å². The number of hydrogen-bond acceptors (Lipinski definition) is 9. The number of nitrogens with zero attached hydrogens (tertiary/aromatic N) is 4. The van der Waals surface area contributed by atoms with Crippen molar-refractivity contribution in [1.82, 2.24) is 19.7 Å². The summed E-state index contributed by atoms with van der Waals surface area (Å²) in [6.07, 6.45) is 1.72. The summed E-state index contributed by atoms with van der Waals surface area (Å²) in [5.41, 5.74) is -0.929. The van der Waals surface area contributed by atoms with Crippen LogP contribution in [0.15, 0.2) is 42.7 Å². The summed E-state index contributed by atoms with van der Waals surface area (Å²) in [4.78, 5) is 32.4. The second-order valence-electron chi connectivity index (χ2n) is 8.15. The Morgan fingerprint density at radius 2 is 1.74 bits per heavy atom. The Bertz CT molecular complexity index is 1190. The van der Waals surface area contributed by atoms with E-state index >= 15 is 0 Å². The zero-order valence-corrected chi connectivity index (χ0v) is 19.1. The molecule has 0 unspecified atom stereocenters. The number of anilines is 2. The van der Waals surface area contributed by atoms with Crippen LogP contribution in [0.5, 0.6) is 11.6 Å². The molecule has 0 aliphatic rings. The summed E-state index contributed by atoms with van der Waals surface area (Å²) in [6.45, 7) is 5.68. The molecule has 3 rings (SSSR count). The van der Waals surface area contributed by atoms with Crippen LogP contribution < -0.4 is 10.1 Å². The first kappa shape index (κ1) is 24.6. The lowest BCUT2D eigenvalue weighted by Crippen LogP contribution is -2.27. The summed E-state index contributed by atoms with van der Waals surface area (Å²) < 4.78 is 44.9. The van der Waals surface area contributed by atoms with Crippen LogP contribution in [-0.4, -0.2) is 44.5 Å². The SMILES string of the molecule is COC(=O)c1c(Nc2cnn(C(=O)OC(C)(C)C)c2)nc(C(C)(F)F)nc1Oc1ccccc1. The molecule has 0 atom stereocenters.